The van der Waals surface area contributed by atoms with Crippen molar-refractivity contribution in [3.05, 3.63) is 66.3 Å². The minimum Gasteiger partial charge on any atom is -0.389 e. The molecule has 3 rings (SSSR count). The number of nitrogens with two attached hydrogens (primary N) is 1. The number of amides is 1. The maximum absolute atomic E-state index is 13.4. The third-order valence-electron chi connectivity index (χ3n) is 5.79. The lowest BCUT2D eigenvalue weighted by atomic mass is 9.74. The van der Waals surface area contributed by atoms with E-state index in [-0.39, 0.29) is 29.0 Å². The number of rotatable bonds is 10. The van der Waals surface area contributed by atoms with Gasteiger partial charge in [0, 0.05) is 42.0 Å². The molecule has 2 unspecified atom stereocenters. The van der Waals surface area contributed by atoms with Crippen LogP contribution in [0, 0.1) is 17.2 Å². The van der Waals surface area contributed by atoms with Gasteiger partial charge in [0.15, 0.2) is 5.78 Å². The Morgan fingerprint density at radius 2 is 1.91 bits per heavy atom. The molecule has 1 aliphatic carbocycles. The van der Waals surface area contributed by atoms with Gasteiger partial charge in [-0.05, 0) is 31.4 Å². The first-order valence-corrected chi connectivity index (χ1v) is 10.8. The van der Waals surface area contributed by atoms with Crippen molar-refractivity contribution < 1.29 is 9.59 Å². The van der Waals surface area contributed by atoms with Gasteiger partial charge in [-0.3, -0.25) is 20.1 Å². The summed E-state index contributed by atoms with van der Waals surface area (Å²) in [4.78, 5) is 24.9. The molecular weight excluding hydrogens is 404 g/mol. The molecule has 0 saturated heterocycles. The molecule has 8 nitrogen and oxygen atoms in total. The first-order chi connectivity index (χ1) is 15.4. The van der Waals surface area contributed by atoms with Crippen LogP contribution in [0.25, 0.3) is 11.3 Å². The number of nitrogens with one attached hydrogen (secondary N) is 4. The summed E-state index contributed by atoms with van der Waals surface area (Å²) in [6.45, 7) is 6.69. The molecule has 6 N–H and O–H groups in total. The van der Waals surface area contributed by atoms with E-state index in [1.54, 1.807) is 12.4 Å². The van der Waals surface area contributed by atoms with Crippen LogP contribution in [0.2, 0.25) is 0 Å². The number of aromatic nitrogens is 2. The zero-order chi connectivity index (χ0) is 23.1. The Bertz CT molecular complexity index is 1010. The Balaban J connectivity index is 1.77. The van der Waals surface area contributed by atoms with Crippen LogP contribution in [0.4, 0.5) is 0 Å². The van der Waals surface area contributed by atoms with E-state index in [4.69, 9.17) is 11.1 Å². The van der Waals surface area contributed by atoms with Crippen LogP contribution in [0.3, 0.4) is 0 Å². The highest BCUT2D eigenvalue weighted by atomic mass is 16.1. The van der Waals surface area contributed by atoms with Gasteiger partial charge in [0.1, 0.15) is 5.71 Å². The van der Waals surface area contributed by atoms with Gasteiger partial charge in [-0.25, -0.2) is 0 Å². The monoisotopic (exact) mass is 434 g/mol. The second-order valence-corrected chi connectivity index (χ2v) is 7.91. The molecule has 0 radical (unpaired) electrons. The third kappa shape index (κ3) is 5.32. The largest absolute Gasteiger partial charge is 0.389 e. The fourth-order valence-corrected chi connectivity index (χ4v) is 4.08. The highest BCUT2D eigenvalue weighted by Gasteiger charge is 2.33. The molecule has 1 heterocycles. The number of H-pyrrole nitrogens is 1. The number of hydrogen-bond acceptors (Lipinski definition) is 6. The van der Waals surface area contributed by atoms with Gasteiger partial charge in [-0.15, -0.1) is 0 Å². The Hall–Kier alpha value is -3.68. The second kappa shape index (κ2) is 10.6. The highest BCUT2D eigenvalue weighted by Crippen LogP contribution is 2.36. The topological polar surface area (TPSA) is 137 Å². The van der Waals surface area contributed by atoms with Crippen LogP contribution < -0.4 is 16.4 Å². The lowest BCUT2D eigenvalue weighted by Gasteiger charge is -2.33. The Labute approximate surface area is 187 Å². The van der Waals surface area contributed by atoms with Crippen molar-refractivity contribution in [3.63, 3.8) is 0 Å². The lowest BCUT2D eigenvalue weighted by Crippen LogP contribution is -2.36. The van der Waals surface area contributed by atoms with Crippen LogP contribution in [-0.2, 0) is 4.79 Å². The van der Waals surface area contributed by atoms with E-state index in [0.29, 0.717) is 17.8 Å². The molecule has 1 aromatic carbocycles. The maximum atomic E-state index is 13.4. The van der Waals surface area contributed by atoms with Crippen molar-refractivity contribution in [2.75, 3.05) is 6.54 Å². The number of carbonyl (C=O) groups excluding carboxylic acids is 2. The van der Waals surface area contributed by atoms with E-state index in [1.165, 1.54) is 0 Å². The smallest absolute Gasteiger partial charge is 0.268 e. The zero-order valence-electron chi connectivity index (χ0n) is 18.3. The fourth-order valence-electron chi connectivity index (χ4n) is 4.08. The molecule has 0 bridgehead atoms. The number of hydrogen-bond donors (Lipinski definition) is 5. The summed E-state index contributed by atoms with van der Waals surface area (Å²) >= 11 is 0. The van der Waals surface area contributed by atoms with Crippen LogP contribution >= 0.6 is 0 Å². The summed E-state index contributed by atoms with van der Waals surface area (Å²) in [5.74, 6) is -1.07. The summed E-state index contributed by atoms with van der Waals surface area (Å²) in [5.41, 5.74) is 8.36. The summed E-state index contributed by atoms with van der Waals surface area (Å²) in [6.07, 6.45) is 6.79. The Morgan fingerprint density at radius 1 is 1.22 bits per heavy atom. The van der Waals surface area contributed by atoms with Gasteiger partial charge in [-0.2, -0.15) is 5.10 Å². The van der Waals surface area contributed by atoms with Crippen molar-refractivity contribution in [2.45, 2.75) is 32.6 Å². The SMILES string of the molecule is C=C(N/C(=C/NCC)C(=N)C(N)=O)C1CCCCC1C(=O)c1ccc(-c2ccn[nH]2)cc1. The van der Waals surface area contributed by atoms with E-state index >= 15 is 0 Å². The number of nitrogens with zero attached hydrogens (tertiary/aromatic N) is 1. The predicted octanol–water partition coefficient (Wildman–Crippen LogP) is 3.13. The van der Waals surface area contributed by atoms with Crippen molar-refractivity contribution in [3.8, 4) is 11.3 Å². The first-order valence-electron chi connectivity index (χ1n) is 10.8. The van der Waals surface area contributed by atoms with E-state index in [2.05, 4.69) is 27.4 Å². The number of ketones is 1. The van der Waals surface area contributed by atoms with E-state index in [0.717, 1.165) is 36.9 Å². The summed E-state index contributed by atoms with van der Waals surface area (Å²) < 4.78 is 0. The first kappa shape index (κ1) is 23.0. The van der Waals surface area contributed by atoms with Crippen LogP contribution in [0.15, 0.2) is 60.7 Å². The Morgan fingerprint density at radius 3 is 2.50 bits per heavy atom. The number of benzene rings is 1. The molecule has 1 saturated carbocycles. The number of Topliss-reactive ketones (excluding diaryl/α,β-unsaturated/α-hetero) is 1. The maximum Gasteiger partial charge on any atom is 0.268 e. The molecular formula is C24H30N6O2. The van der Waals surface area contributed by atoms with Gasteiger partial charge in [0.2, 0.25) is 0 Å². The van der Waals surface area contributed by atoms with E-state index in [1.807, 2.05) is 37.3 Å². The second-order valence-electron chi connectivity index (χ2n) is 7.91. The lowest BCUT2D eigenvalue weighted by molar-refractivity contribution is -0.112. The van der Waals surface area contributed by atoms with E-state index in [9.17, 15) is 9.59 Å². The number of aromatic amines is 1. The van der Waals surface area contributed by atoms with Gasteiger partial charge >= 0.3 is 0 Å². The molecule has 0 aliphatic heterocycles. The third-order valence-corrected chi connectivity index (χ3v) is 5.79. The van der Waals surface area contributed by atoms with Crippen molar-refractivity contribution in [2.24, 2.45) is 17.6 Å². The zero-order valence-corrected chi connectivity index (χ0v) is 18.3. The number of carbonyl (C=O) groups is 2. The molecule has 8 heteroatoms. The average Bonchev–Trinajstić information content (AvgIpc) is 3.35. The van der Waals surface area contributed by atoms with Crippen molar-refractivity contribution in [1.29, 1.82) is 5.41 Å². The quantitative estimate of drug-likeness (QED) is 0.289. The molecule has 2 atom stereocenters. The summed E-state index contributed by atoms with van der Waals surface area (Å²) in [5, 5.41) is 20.9. The normalized spacial score (nSPS) is 18.6. The van der Waals surface area contributed by atoms with Crippen molar-refractivity contribution in [1.82, 2.24) is 20.8 Å². The molecule has 2 aromatic rings. The predicted molar refractivity (Wildman–Crippen MR) is 125 cm³/mol. The summed E-state index contributed by atoms with van der Waals surface area (Å²) in [7, 11) is 0. The molecule has 32 heavy (non-hydrogen) atoms. The molecule has 1 fully saturated rings. The van der Waals surface area contributed by atoms with Gasteiger partial charge in [0.25, 0.3) is 5.91 Å². The van der Waals surface area contributed by atoms with Crippen LogP contribution in [0.1, 0.15) is 43.0 Å². The molecule has 1 aliphatic rings. The highest BCUT2D eigenvalue weighted by molar-refractivity contribution is 6.43. The van der Waals surface area contributed by atoms with Crippen molar-refractivity contribution >= 4 is 17.4 Å². The molecule has 168 valence electrons. The van der Waals surface area contributed by atoms with E-state index < -0.39 is 5.91 Å². The van der Waals surface area contributed by atoms with Gasteiger partial charge < -0.3 is 16.4 Å². The average molecular weight is 435 g/mol. The minimum atomic E-state index is -0.830. The fraction of sp³-hybridized carbons (Fsp3) is 0.333. The Kier molecular flexibility index (Phi) is 7.59. The van der Waals surface area contributed by atoms with Crippen LogP contribution in [-0.4, -0.2) is 34.1 Å². The number of allylic oxidation sites excluding steroid dienone is 1. The van der Waals surface area contributed by atoms with Crippen LogP contribution in [0.5, 0.6) is 0 Å². The number of primary amides is 1. The van der Waals surface area contributed by atoms with Gasteiger partial charge in [0.05, 0.1) is 11.4 Å². The summed E-state index contributed by atoms with van der Waals surface area (Å²) in [6, 6.07) is 9.40. The molecule has 0 spiro atoms. The standard InChI is InChI=1S/C24H30N6O2/c1-3-27-14-21(22(25)24(26)32)29-15(2)18-6-4-5-7-19(18)23(31)17-10-8-16(9-11-17)20-12-13-28-30-20/h8-14,18-19,25,27,29H,2-7H2,1H3,(H2,26,32)(H,28,30)/b21-14+,25-22?. The molecule has 1 aromatic heterocycles. The van der Waals surface area contributed by atoms with Gasteiger partial charge in [-0.1, -0.05) is 43.7 Å². The minimum absolute atomic E-state index is 0.0796. The molecule has 1 amide bonds.